The summed E-state index contributed by atoms with van der Waals surface area (Å²) in [6.45, 7) is 0.230. The highest BCUT2D eigenvalue weighted by Crippen LogP contribution is 2.01. The Bertz CT molecular complexity index is 380. The van der Waals surface area contributed by atoms with Crippen molar-refractivity contribution >= 4 is 23.8 Å². The number of furan rings is 1. The third kappa shape index (κ3) is 5.13. The van der Waals surface area contributed by atoms with Gasteiger partial charge in [0.15, 0.2) is 0 Å². The molecule has 0 aliphatic carbocycles. The van der Waals surface area contributed by atoms with Crippen LogP contribution in [0.4, 0.5) is 4.79 Å². The first-order valence-corrected chi connectivity index (χ1v) is 6.81. The van der Waals surface area contributed by atoms with Crippen molar-refractivity contribution in [2.24, 2.45) is 0 Å². The van der Waals surface area contributed by atoms with Gasteiger partial charge in [-0.25, -0.2) is 9.59 Å². The molecule has 2 amide bonds. The standard InChI is InChI=1S/C11H16N2O4S/c1-18-6-4-9(10(14)15)13-11(16)12-7-8-3-2-5-17-8/h2-3,5,9H,4,6-7H2,1H3,(H,14,15)(H2,12,13,16). The van der Waals surface area contributed by atoms with E-state index in [9.17, 15) is 9.59 Å². The number of carbonyl (C=O) groups excluding carboxylic acids is 1. The predicted molar refractivity (Wildman–Crippen MR) is 68.5 cm³/mol. The summed E-state index contributed by atoms with van der Waals surface area (Å²) in [5, 5.41) is 13.9. The summed E-state index contributed by atoms with van der Waals surface area (Å²) in [5.74, 6) is 0.258. The molecule has 0 aromatic carbocycles. The zero-order valence-corrected chi connectivity index (χ0v) is 10.8. The number of carbonyl (C=O) groups is 2. The minimum Gasteiger partial charge on any atom is -0.480 e. The minimum atomic E-state index is -1.03. The maximum atomic E-state index is 11.5. The van der Waals surface area contributed by atoms with E-state index < -0.39 is 18.0 Å². The van der Waals surface area contributed by atoms with Gasteiger partial charge >= 0.3 is 12.0 Å². The number of aliphatic carboxylic acids is 1. The lowest BCUT2D eigenvalue weighted by Gasteiger charge is -2.14. The van der Waals surface area contributed by atoms with Gasteiger partial charge < -0.3 is 20.2 Å². The summed E-state index contributed by atoms with van der Waals surface area (Å²) in [5.41, 5.74) is 0. The predicted octanol–water partition coefficient (Wildman–Crippen LogP) is 1.29. The monoisotopic (exact) mass is 272 g/mol. The Morgan fingerprint density at radius 3 is 2.89 bits per heavy atom. The van der Waals surface area contributed by atoms with Crippen LogP contribution in [0, 0.1) is 0 Å². The van der Waals surface area contributed by atoms with Crippen molar-refractivity contribution in [1.82, 2.24) is 10.6 Å². The molecule has 1 heterocycles. The van der Waals surface area contributed by atoms with Crippen molar-refractivity contribution in [1.29, 1.82) is 0 Å². The zero-order chi connectivity index (χ0) is 13.4. The van der Waals surface area contributed by atoms with Crippen molar-refractivity contribution in [3.8, 4) is 0 Å². The fourth-order valence-corrected chi connectivity index (χ4v) is 1.75. The topological polar surface area (TPSA) is 91.6 Å². The normalized spacial score (nSPS) is 11.8. The highest BCUT2D eigenvalue weighted by molar-refractivity contribution is 7.98. The van der Waals surface area contributed by atoms with Gasteiger partial charge in [-0.3, -0.25) is 0 Å². The molecule has 0 saturated carbocycles. The fraction of sp³-hybridized carbons (Fsp3) is 0.455. The first-order chi connectivity index (χ1) is 8.63. The van der Waals surface area contributed by atoms with Crippen LogP contribution in [0.25, 0.3) is 0 Å². The molecular weight excluding hydrogens is 256 g/mol. The Kier molecular flexibility index (Phi) is 6.13. The van der Waals surface area contributed by atoms with E-state index in [4.69, 9.17) is 9.52 Å². The Labute approximate surface area is 109 Å². The second-order valence-corrected chi connectivity index (χ2v) is 4.56. The highest BCUT2D eigenvalue weighted by atomic mass is 32.2. The SMILES string of the molecule is CSCCC(NC(=O)NCc1ccco1)C(=O)O. The van der Waals surface area contributed by atoms with Gasteiger partial charge in [0.1, 0.15) is 11.8 Å². The number of carboxylic acid groups (broad SMARTS) is 1. The molecule has 0 saturated heterocycles. The van der Waals surface area contributed by atoms with Crippen LogP contribution in [0.1, 0.15) is 12.2 Å². The van der Waals surface area contributed by atoms with Crippen LogP contribution in [0.5, 0.6) is 0 Å². The molecule has 0 aliphatic rings. The molecule has 0 aliphatic heterocycles. The quantitative estimate of drug-likeness (QED) is 0.695. The average molecular weight is 272 g/mol. The molecule has 3 N–H and O–H groups in total. The van der Waals surface area contributed by atoms with Gasteiger partial charge in [0, 0.05) is 0 Å². The van der Waals surface area contributed by atoms with E-state index in [1.165, 1.54) is 18.0 Å². The summed E-state index contributed by atoms with van der Waals surface area (Å²) in [6, 6.07) is 2.06. The first-order valence-electron chi connectivity index (χ1n) is 5.42. The number of amides is 2. The third-order valence-corrected chi connectivity index (χ3v) is 2.86. The number of rotatable bonds is 7. The molecule has 1 unspecified atom stereocenters. The van der Waals surface area contributed by atoms with Crippen molar-refractivity contribution in [2.75, 3.05) is 12.0 Å². The number of nitrogens with one attached hydrogen (secondary N) is 2. The van der Waals surface area contributed by atoms with E-state index in [1.807, 2.05) is 6.26 Å². The van der Waals surface area contributed by atoms with Crippen molar-refractivity contribution in [3.05, 3.63) is 24.2 Å². The molecule has 1 rings (SSSR count). The lowest BCUT2D eigenvalue weighted by atomic mass is 10.2. The third-order valence-electron chi connectivity index (χ3n) is 2.22. The molecule has 18 heavy (non-hydrogen) atoms. The summed E-state index contributed by atoms with van der Waals surface area (Å²) < 4.78 is 5.04. The van der Waals surface area contributed by atoms with Gasteiger partial charge in [0.2, 0.25) is 0 Å². The Morgan fingerprint density at radius 2 is 2.33 bits per heavy atom. The molecule has 0 spiro atoms. The van der Waals surface area contributed by atoms with E-state index in [2.05, 4.69) is 10.6 Å². The molecular formula is C11H16N2O4S. The van der Waals surface area contributed by atoms with E-state index in [0.717, 1.165) is 0 Å². The largest absolute Gasteiger partial charge is 0.480 e. The maximum Gasteiger partial charge on any atom is 0.326 e. The van der Waals surface area contributed by atoms with Gasteiger partial charge in [0.05, 0.1) is 12.8 Å². The van der Waals surface area contributed by atoms with E-state index in [1.54, 1.807) is 12.1 Å². The van der Waals surface area contributed by atoms with Gasteiger partial charge in [0.25, 0.3) is 0 Å². The summed E-state index contributed by atoms with van der Waals surface area (Å²) in [7, 11) is 0. The van der Waals surface area contributed by atoms with Gasteiger partial charge in [-0.15, -0.1) is 0 Å². The van der Waals surface area contributed by atoms with Crippen molar-refractivity contribution < 1.29 is 19.1 Å². The van der Waals surface area contributed by atoms with Crippen LogP contribution in [-0.4, -0.2) is 35.2 Å². The van der Waals surface area contributed by atoms with Crippen molar-refractivity contribution in [2.45, 2.75) is 19.0 Å². The minimum absolute atomic E-state index is 0.230. The molecule has 0 radical (unpaired) electrons. The lowest BCUT2D eigenvalue weighted by molar-refractivity contribution is -0.139. The van der Waals surface area contributed by atoms with E-state index in [0.29, 0.717) is 17.9 Å². The number of urea groups is 1. The first kappa shape index (κ1) is 14.4. The smallest absolute Gasteiger partial charge is 0.326 e. The zero-order valence-electron chi connectivity index (χ0n) is 10.0. The second-order valence-electron chi connectivity index (χ2n) is 3.58. The Balaban J connectivity index is 2.34. The molecule has 0 bridgehead atoms. The Hall–Kier alpha value is -1.63. The molecule has 1 atom stereocenters. The molecule has 100 valence electrons. The van der Waals surface area contributed by atoms with Crippen LogP contribution >= 0.6 is 11.8 Å². The summed E-state index contributed by atoms with van der Waals surface area (Å²) >= 11 is 1.54. The molecule has 1 aromatic heterocycles. The number of hydrogen-bond acceptors (Lipinski definition) is 4. The number of hydrogen-bond donors (Lipinski definition) is 3. The summed E-state index contributed by atoms with van der Waals surface area (Å²) in [6.07, 6.45) is 3.79. The molecule has 0 fully saturated rings. The number of carboxylic acids is 1. The maximum absolute atomic E-state index is 11.5. The molecule has 7 heteroatoms. The Morgan fingerprint density at radius 1 is 1.56 bits per heavy atom. The van der Waals surface area contributed by atoms with Crippen LogP contribution in [-0.2, 0) is 11.3 Å². The van der Waals surface area contributed by atoms with E-state index in [-0.39, 0.29) is 6.54 Å². The van der Waals surface area contributed by atoms with Gasteiger partial charge in [-0.1, -0.05) is 0 Å². The summed E-state index contributed by atoms with van der Waals surface area (Å²) in [4.78, 5) is 22.4. The van der Waals surface area contributed by atoms with Crippen LogP contribution in [0.3, 0.4) is 0 Å². The average Bonchev–Trinajstić information content (AvgIpc) is 2.84. The lowest BCUT2D eigenvalue weighted by Crippen LogP contribution is -2.46. The van der Waals surface area contributed by atoms with Crippen molar-refractivity contribution in [3.63, 3.8) is 0 Å². The van der Waals surface area contributed by atoms with Gasteiger partial charge in [-0.2, -0.15) is 11.8 Å². The molecule has 1 aromatic rings. The van der Waals surface area contributed by atoms with E-state index >= 15 is 0 Å². The van der Waals surface area contributed by atoms with Crippen LogP contribution < -0.4 is 10.6 Å². The fourth-order valence-electron chi connectivity index (χ4n) is 1.28. The number of thioether (sulfide) groups is 1. The van der Waals surface area contributed by atoms with Crippen LogP contribution in [0.2, 0.25) is 0 Å². The highest BCUT2D eigenvalue weighted by Gasteiger charge is 2.19. The van der Waals surface area contributed by atoms with Gasteiger partial charge in [-0.05, 0) is 30.6 Å². The van der Waals surface area contributed by atoms with Crippen LogP contribution in [0.15, 0.2) is 22.8 Å². The second kappa shape index (κ2) is 7.65. The molecule has 6 nitrogen and oxygen atoms in total.